The van der Waals surface area contributed by atoms with Crippen molar-refractivity contribution >= 4 is 29.0 Å². The Kier molecular flexibility index (Phi) is 7.95. The number of nitrogens with one attached hydrogen (secondary N) is 1. The minimum absolute atomic E-state index is 0.116. The maximum atomic E-state index is 12.5. The minimum Gasteiger partial charge on any atom is -0.497 e. The lowest BCUT2D eigenvalue weighted by Crippen LogP contribution is -2.33. The van der Waals surface area contributed by atoms with E-state index in [9.17, 15) is 4.79 Å². The van der Waals surface area contributed by atoms with Crippen LogP contribution in [0.15, 0.2) is 65.1 Å². The number of hydrogen-bond donors (Lipinski definition) is 1. The van der Waals surface area contributed by atoms with Crippen LogP contribution in [0.3, 0.4) is 0 Å². The lowest BCUT2D eigenvalue weighted by atomic mass is 10.2. The Morgan fingerprint density at radius 3 is 2.75 bits per heavy atom. The molecule has 1 saturated heterocycles. The SMILES string of the molecule is COc1cccc(-c2nnc(SCc3nc(C(=O)NCCN4CCCC4)cs3)n2-c2ccccc2)c1. The number of carbonyl (C=O) groups excluding carboxylic acids is 1. The Morgan fingerprint density at radius 2 is 1.94 bits per heavy atom. The van der Waals surface area contributed by atoms with Gasteiger partial charge in [0.1, 0.15) is 16.5 Å². The third-order valence-electron chi connectivity index (χ3n) is 6.00. The maximum Gasteiger partial charge on any atom is 0.270 e. The van der Waals surface area contributed by atoms with Gasteiger partial charge < -0.3 is 15.0 Å². The second kappa shape index (κ2) is 11.7. The van der Waals surface area contributed by atoms with Gasteiger partial charge >= 0.3 is 0 Å². The summed E-state index contributed by atoms with van der Waals surface area (Å²) in [6.07, 6.45) is 2.50. The highest BCUT2D eigenvalue weighted by Crippen LogP contribution is 2.31. The fourth-order valence-corrected chi connectivity index (χ4v) is 5.90. The Bertz CT molecular complexity index is 1300. The molecule has 2 aromatic heterocycles. The molecule has 5 rings (SSSR count). The lowest BCUT2D eigenvalue weighted by molar-refractivity contribution is 0.0945. The van der Waals surface area contributed by atoms with Crippen LogP contribution in [-0.4, -0.2) is 63.8 Å². The Balaban J connectivity index is 1.28. The monoisotopic (exact) mass is 520 g/mol. The number of methoxy groups -OCH3 is 1. The number of likely N-dealkylation sites (tertiary alicyclic amines) is 1. The highest BCUT2D eigenvalue weighted by molar-refractivity contribution is 7.98. The van der Waals surface area contributed by atoms with E-state index in [1.165, 1.54) is 24.2 Å². The second-order valence-electron chi connectivity index (χ2n) is 8.43. The van der Waals surface area contributed by atoms with Gasteiger partial charge in [0.2, 0.25) is 0 Å². The largest absolute Gasteiger partial charge is 0.497 e. The molecule has 1 aliphatic heterocycles. The zero-order valence-corrected chi connectivity index (χ0v) is 21.7. The average molecular weight is 521 g/mol. The van der Waals surface area contributed by atoms with Gasteiger partial charge in [0.25, 0.3) is 5.91 Å². The molecule has 1 fully saturated rings. The summed E-state index contributed by atoms with van der Waals surface area (Å²) in [4.78, 5) is 19.5. The van der Waals surface area contributed by atoms with Crippen molar-refractivity contribution in [3.63, 3.8) is 0 Å². The molecule has 8 nitrogen and oxygen atoms in total. The van der Waals surface area contributed by atoms with Crippen LogP contribution in [0.2, 0.25) is 0 Å². The first kappa shape index (κ1) is 24.5. The molecule has 0 aliphatic carbocycles. The zero-order valence-electron chi connectivity index (χ0n) is 20.1. The third-order valence-corrected chi connectivity index (χ3v) is 7.97. The third kappa shape index (κ3) is 5.77. The van der Waals surface area contributed by atoms with Gasteiger partial charge in [0.15, 0.2) is 11.0 Å². The van der Waals surface area contributed by atoms with Gasteiger partial charge in [-0.3, -0.25) is 9.36 Å². The molecule has 186 valence electrons. The Labute approximate surface area is 218 Å². The number of ether oxygens (including phenoxy) is 1. The van der Waals surface area contributed by atoms with Crippen LogP contribution >= 0.6 is 23.1 Å². The summed E-state index contributed by atoms with van der Waals surface area (Å²) < 4.78 is 7.44. The van der Waals surface area contributed by atoms with Crippen molar-refractivity contribution in [2.24, 2.45) is 0 Å². The smallest absolute Gasteiger partial charge is 0.270 e. The van der Waals surface area contributed by atoms with Crippen LogP contribution in [0.4, 0.5) is 0 Å². The van der Waals surface area contributed by atoms with Gasteiger partial charge in [0, 0.05) is 29.7 Å². The van der Waals surface area contributed by atoms with Crippen LogP contribution < -0.4 is 10.1 Å². The molecular weight excluding hydrogens is 492 g/mol. The van der Waals surface area contributed by atoms with Crippen molar-refractivity contribution in [1.82, 2.24) is 30.0 Å². The zero-order chi connectivity index (χ0) is 24.7. The number of para-hydroxylation sites is 1. The predicted molar refractivity (Wildman–Crippen MR) is 143 cm³/mol. The van der Waals surface area contributed by atoms with Crippen molar-refractivity contribution in [3.8, 4) is 22.8 Å². The number of aromatic nitrogens is 4. The van der Waals surface area contributed by atoms with E-state index in [-0.39, 0.29) is 5.91 Å². The van der Waals surface area contributed by atoms with E-state index in [1.54, 1.807) is 18.9 Å². The van der Waals surface area contributed by atoms with Crippen molar-refractivity contribution in [2.45, 2.75) is 23.8 Å². The Morgan fingerprint density at radius 1 is 1.11 bits per heavy atom. The van der Waals surface area contributed by atoms with E-state index >= 15 is 0 Å². The van der Waals surface area contributed by atoms with Gasteiger partial charge in [-0.1, -0.05) is 42.1 Å². The van der Waals surface area contributed by atoms with Gasteiger partial charge in [-0.05, 0) is 50.2 Å². The van der Waals surface area contributed by atoms with Crippen LogP contribution in [-0.2, 0) is 5.75 Å². The topological polar surface area (TPSA) is 85.2 Å². The minimum atomic E-state index is -0.116. The van der Waals surface area contributed by atoms with E-state index in [1.807, 2.05) is 64.5 Å². The number of nitrogens with zero attached hydrogens (tertiary/aromatic N) is 5. The number of benzene rings is 2. The van der Waals surface area contributed by atoms with Crippen LogP contribution in [0.5, 0.6) is 5.75 Å². The summed E-state index contributed by atoms with van der Waals surface area (Å²) in [5, 5.41) is 15.4. The van der Waals surface area contributed by atoms with Crippen LogP contribution in [0.1, 0.15) is 28.3 Å². The molecule has 0 bridgehead atoms. The molecule has 10 heteroatoms. The normalized spacial score (nSPS) is 13.7. The molecule has 2 aromatic carbocycles. The second-order valence-corrected chi connectivity index (χ2v) is 10.3. The summed E-state index contributed by atoms with van der Waals surface area (Å²) >= 11 is 3.04. The van der Waals surface area contributed by atoms with E-state index in [4.69, 9.17) is 4.74 Å². The van der Waals surface area contributed by atoms with Crippen molar-refractivity contribution in [2.75, 3.05) is 33.3 Å². The van der Waals surface area contributed by atoms with E-state index in [0.717, 1.165) is 52.6 Å². The molecule has 1 N–H and O–H groups in total. The standard InChI is InChI=1S/C26H28N6O2S2/c1-34-21-11-7-8-19(16-21)24-29-30-26(32(24)20-9-3-2-4-10-20)36-18-23-28-22(17-35-23)25(33)27-12-15-31-13-5-6-14-31/h2-4,7-11,16-17H,5-6,12-15,18H2,1H3,(H,27,33). The highest BCUT2D eigenvalue weighted by atomic mass is 32.2. The van der Waals surface area contributed by atoms with Crippen LogP contribution in [0, 0.1) is 0 Å². The number of thiazole rings is 1. The quantitative estimate of drug-likeness (QED) is 0.308. The van der Waals surface area contributed by atoms with Gasteiger partial charge in [-0.2, -0.15) is 0 Å². The molecule has 36 heavy (non-hydrogen) atoms. The van der Waals surface area contributed by atoms with Gasteiger partial charge in [0.05, 0.1) is 12.9 Å². The van der Waals surface area contributed by atoms with E-state index < -0.39 is 0 Å². The lowest BCUT2D eigenvalue weighted by Gasteiger charge is -2.14. The number of amides is 1. The number of carbonyl (C=O) groups is 1. The van der Waals surface area contributed by atoms with Gasteiger partial charge in [-0.25, -0.2) is 4.98 Å². The maximum absolute atomic E-state index is 12.5. The number of hydrogen-bond acceptors (Lipinski definition) is 8. The molecule has 0 radical (unpaired) electrons. The molecule has 1 amide bonds. The molecule has 0 spiro atoms. The van der Waals surface area contributed by atoms with Gasteiger partial charge in [-0.15, -0.1) is 21.5 Å². The first-order valence-electron chi connectivity index (χ1n) is 11.9. The molecule has 3 heterocycles. The molecule has 4 aromatic rings. The first-order chi connectivity index (χ1) is 17.7. The molecular formula is C26H28N6O2S2. The van der Waals surface area contributed by atoms with Crippen LogP contribution in [0.25, 0.3) is 17.1 Å². The van der Waals surface area contributed by atoms with Crippen molar-refractivity contribution in [3.05, 3.63) is 70.7 Å². The molecule has 0 saturated carbocycles. The number of rotatable bonds is 10. The molecule has 0 unspecified atom stereocenters. The summed E-state index contributed by atoms with van der Waals surface area (Å²) in [6, 6.07) is 17.8. The summed E-state index contributed by atoms with van der Waals surface area (Å²) in [6.45, 7) is 3.79. The fraction of sp³-hybridized carbons (Fsp3) is 0.308. The summed E-state index contributed by atoms with van der Waals surface area (Å²) in [7, 11) is 1.65. The van der Waals surface area contributed by atoms with Crippen molar-refractivity contribution < 1.29 is 9.53 Å². The Hall–Kier alpha value is -3.21. The van der Waals surface area contributed by atoms with Crippen molar-refractivity contribution in [1.29, 1.82) is 0 Å². The fourth-order valence-electron chi connectivity index (χ4n) is 4.15. The van der Waals surface area contributed by atoms with E-state index in [0.29, 0.717) is 18.0 Å². The first-order valence-corrected chi connectivity index (χ1v) is 13.8. The summed E-state index contributed by atoms with van der Waals surface area (Å²) in [5.74, 6) is 1.97. The van der Waals surface area contributed by atoms with E-state index in [2.05, 4.69) is 25.4 Å². The molecule has 1 aliphatic rings. The average Bonchev–Trinajstić information content (AvgIpc) is 3.69. The predicted octanol–water partition coefficient (Wildman–Crippen LogP) is 4.52. The highest BCUT2D eigenvalue weighted by Gasteiger charge is 2.18. The summed E-state index contributed by atoms with van der Waals surface area (Å²) in [5.41, 5.74) is 2.36. The molecule has 0 atom stereocenters. The number of thioether (sulfide) groups is 1.